The number of benzene rings is 2. The molecule has 1 fully saturated rings. The molecule has 2 heterocycles. The molecule has 7 nitrogen and oxygen atoms in total. The topological polar surface area (TPSA) is 91.4 Å². The molecule has 30 heavy (non-hydrogen) atoms. The minimum Gasteiger partial charge on any atom is -0.339 e. The van der Waals surface area contributed by atoms with Crippen molar-refractivity contribution in [3.63, 3.8) is 0 Å². The van der Waals surface area contributed by atoms with E-state index in [4.69, 9.17) is 0 Å². The van der Waals surface area contributed by atoms with E-state index in [9.17, 15) is 14.4 Å². The molecule has 4 rings (SSSR count). The van der Waals surface area contributed by atoms with Crippen molar-refractivity contribution in [3.05, 3.63) is 78.1 Å². The van der Waals surface area contributed by atoms with Gasteiger partial charge in [-0.1, -0.05) is 42.5 Å². The summed E-state index contributed by atoms with van der Waals surface area (Å²) in [6.07, 6.45) is 2.60. The molecule has 152 valence electrons. The molecule has 1 aliphatic rings. The van der Waals surface area contributed by atoms with Gasteiger partial charge in [0.2, 0.25) is 5.91 Å². The maximum Gasteiger partial charge on any atom is 0.288 e. The zero-order chi connectivity index (χ0) is 20.9. The minimum absolute atomic E-state index is 0.0193. The number of fused-ring (bicyclic) bond motifs is 1. The molecule has 0 aliphatic carbocycles. The number of hydrogen-bond acceptors (Lipinski definition) is 4. The lowest BCUT2D eigenvalue weighted by Gasteiger charge is -2.31. The second-order valence-electron chi connectivity index (χ2n) is 7.25. The molecule has 0 bridgehead atoms. The van der Waals surface area contributed by atoms with Gasteiger partial charge in [-0.05, 0) is 41.8 Å². The van der Waals surface area contributed by atoms with Crippen LogP contribution in [0.4, 0.5) is 0 Å². The lowest BCUT2D eigenvalue weighted by Crippen LogP contribution is -2.48. The Morgan fingerprint density at radius 2 is 1.60 bits per heavy atom. The van der Waals surface area contributed by atoms with E-state index in [2.05, 4.69) is 15.8 Å². The lowest BCUT2D eigenvalue weighted by atomic mass is 9.95. The SMILES string of the molecule is O=C(NNC(=O)C1CCN(C(=O)c2cccc3ccccc23)CC1)c1ccccn1. The summed E-state index contributed by atoms with van der Waals surface area (Å²) in [5.74, 6) is -0.997. The first-order valence-corrected chi connectivity index (χ1v) is 9.92. The Labute approximate surface area is 174 Å². The highest BCUT2D eigenvalue weighted by molar-refractivity contribution is 6.07. The number of hydrogen-bond donors (Lipinski definition) is 2. The fraction of sp³-hybridized carbons (Fsp3) is 0.217. The molecule has 0 saturated carbocycles. The van der Waals surface area contributed by atoms with Crippen molar-refractivity contribution in [2.75, 3.05) is 13.1 Å². The molecule has 2 N–H and O–H groups in total. The molecular formula is C23H22N4O3. The van der Waals surface area contributed by atoms with Gasteiger partial charge in [-0.3, -0.25) is 30.2 Å². The number of carbonyl (C=O) groups excluding carboxylic acids is 3. The van der Waals surface area contributed by atoms with Gasteiger partial charge in [0.05, 0.1) is 0 Å². The van der Waals surface area contributed by atoms with E-state index in [0.717, 1.165) is 10.8 Å². The largest absolute Gasteiger partial charge is 0.339 e. The summed E-state index contributed by atoms with van der Waals surface area (Å²) in [6, 6.07) is 18.5. The van der Waals surface area contributed by atoms with E-state index in [1.54, 1.807) is 23.1 Å². The number of rotatable bonds is 3. The maximum atomic E-state index is 13.0. The number of nitrogens with one attached hydrogen (secondary N) is 2. The number of hydrazine groups is 1. The van der Waals surface area contributed by atoms with Crippen LogP contribution in [0.25, 0.3) is 10.8 Å². The molecule has 7 heteroatoms. The van der Waals surface area contributed by atoms with Crippen molar-refractivity contribution in [2.45, 2.75) is 12.8 Å². The Bertz CT molecular complexity index is 1070. The van der Waals surface area contributed by atoms with Gasteiger partial charge in [-0.2, -0.15) is 0 Å². The van der Waals surface area contributed by atoms with Crippen molar-refractivity contribution in [3.8, 4) is 0 Å². The van der Waals surface area contributed by atoms with Gasteiger partial charge in [0, 0.05) is 30.8 Å². The summed E-state index contributed by atoms with van der Waals surface area (Å²) in [4.78, 5) is 43.2. The quantitative estimate of drug-likeness (QED) is 0.659. The summed E-state index contributed by atoms with van der Waals surface area (Å²) in [6.45, 7) is 0.989. The number of piperidine rings is 1. The molecule has 3 aromatic rings. The molecule has 2 aromatic carbocycles. The van der Waals surface area contributed by atoms with Crippen LogP contribution >= 0.6 is 0 Å². The van der Waals surface area contributed by atoms with E-state index in [-0.39, 0.29) is 23.4 Å². The average Bonchev–Trinajstić information content (AvgIpc) is 2.82. The smallest absolute Gasteiger partial charge is 0.288 e. The Morgan fingerprint density at radius 3 is 2.37 bits per heavy atom. The van der Waals surface area contributed by atoms with Crippen LogP contribution in [0.1, 0.15) is 33.7 Å². The summed E-state index contributed by atoms with van der Waals surface area (Å²) in [5, 5.41) is 1.96. The monoisotopic (exact) mass is 402 g/mol. The molecule has 1 aromatic heterocycles. The van der Waals surface area contributed by atoms with Crippen LogP contribution in [0.15, 0.2) is 66.9 Å². The highest BCUT2D eigenvalue weighted by Gasteiger charge is 2.28. The number of likely N-dealkylation sites (tertiary alicyclic amines) is 1. The maximum absolute atomic E-state index is 13.0. The Morgan fingerprint density at radius 1 is 0.867 bits per heavy atom. The third-order valence-corrected chi connectivity index (χ3v) is 5.37. The fourth-order valence-corrected chi connectivity index (χ4v) is 3.71. The van der Waals surface area contributed by atoms with E-state index in [0.29, 0.717) is 31.5 Å². The van der Waals surface area contributed by atoms with Crippen molar-refractivity contribution in [1.29, 1.82) is 0 Å². The highest BCUT2D eigenvalue weighted by Crippen LogP contribution is 2.23. The van der Waals surface area contributed by atoms with E-state index in [1.807, 2.05) is 42.5 Å². The summed E-state index contributed by atoms with van der Waals surface area (Å²) in [7, 11) is 0. The summed E-state index contributed by atoms with van der Waals surface area (Å²) < 4.78 is 0. The first kappa shape index (κ1) is 19.6. The zero-order valence-corrected chi connectivity index (χ0v) is 16.4. The van der Waals surface area contributed by atoms with Crippen LogP contribution in [-0.2, 0) is 4.79 Å². The predicted molar refractivity (Wildman–Crippen MR) is 112 cm³/mol. The average molecular weight is 402 g/mol. The van der Waals surface area contributed by atoms with Gasteiger partial charge in [0.25, 0.3) is 11.8 Å². The van der Waals surface area contributed by atoms with Crippen LogP contribution in [0.3, 0.4) is 0 Å². The summed E-state index contributed by atoms with van der Waals surface area (Å²) >= 11 is 0. The van der Waals surface area contributed by atoms with Crippen LogP contribution in [0, 0.1) is 5.92 Å². The first-order chi connectivity index (χ1) is 14.6. The Balaban J connectivity index is 1.32. The van der Waals surface area contributed by atoms with Crippen LogP contribution < -0.4 is 10.9 Å². The van der Waals surface area contributed by atoms with E-state index in [1.165, 1.54) is 6.20 Å². The molecule has 0 spiro atoms. The fourth-order valence-electron chi connectivity index (χ4n) is 3.71. The van der Waals surface area contributed by atoms with Crippen LogP contribution in [-0.4, -0.2) is 40.7 Å². The van der Waals surface area contributed by atoms with Gasteiger partial charge in [0.15, 0.2) is 0 Å². The second kappa shape index (κ2) is 8.73. The summed E-state index contributed by atoms with van der Waals surface area (Å²) in [5.41, 5.74) is 5.77. The van der Waals surface area contributed by atoms with Gasteiger partial charge in [0.1, 0.15) is 5.69 Å². The standard InChI is InChI=1S/C23H22N4O3/c28-21(25-26-22(29)20-10-3-4-13-24-20)17-11-14-27(15-12-17)23(30)19-9-5-7-16-6-1-2-8-18(16)19/h1-10,13,17H,11-12,14-15H2,(H,25,28)(H,26,29). The molecule has 0 unspecified atom stereocenters. The molecule has 3 amide bonds. The second-order valence-corrected chi connectivity index (χ2v) is 7.25. The van der Waals surface area contributed by atoms with Crippen molar-refractivity contribution >= 4 is 28.5 Å². The van der Waals surface area contributed by atoms with E-state index < -0.39 is 5.91 Å². The van der Waals surface area contributed by atoms with Crippen LogP contribution in [0.2, 0.25) is 0 Å². The third kappa shape index (κ3) is 4.15. The molecule has 1 aliphatic heterocycles. The lowest BCUT2D eigenvalue weighted by molar-refractivity contribution is -0.127. The highest BCUT2D eigenvalue weighted by atomic mass is 16.2. The molecule has 0 radical (unpaired) electrons. The zero-order valence-electron chi connectivity index (χ0n) is 16.4. The third-order valence-electron chi connectivity index (χ3n) is 5.37. The molecule has 1 saturated heterocycles. The molecular weight excluding hydrogens is 380 g/mol. The normalized spacial score (nSPS) is 14.3. The van der Waals surface area contributed by atoms with Gasteiger partial charge in [-0.25, -0.2) is 0 Å². The van der Waals surface area contributed by atoms with Gasteiger partial charge in [-0.15, -0.1) is 0 Å². The van der Waals surface area contributed by atoms with Gasteiger partial charge >= 0.3 is 0 Å². The number of amides is 3. The number of aromatic nitrogens is 1. The minimum atomic E-state index is -0.465. The number of nitrogens with zero attached hydrogens (tertiary/aromatic N) is 2. The van der Waals surface area contributed by atoms with Crippen molar-refractivity contribution in [2.24, 2.45) is 5.92 Å². The van der Waals surface area contributed by atoms with Crippen molar-refractivity contribution in [1.82, 2.24) is 20.7 Å². The van der Waals surface area contributed by atoms with Crippen LogP contribution in [0.5, 0.6) is 0 Å². The Kier molecular flexibility index (Phi) is 5.70. The predicted octanol–water partition coefficient (Wildman–Crippen LogP) is 2.55. The first-order valence-electron chi connectivity index (χ1n) is 9.92. The van der Waals surface area contributed by atoms with E-state index >= 15 is 0 Å². The Hall–Kier alpha value is -3.74. The van der Waals surface area contributed by atoms with Crippen molar-refractivity contribution < 1.29 is 14.4 Å². The number of pyridine rings is 1. The molecule has 0 atom stereocenters. The van der Waals surface area contributed by atoms with Gasteiger partial charge < -0.3 is 4.90 Å². The number of carbonyl (C=O) groups is 3.